The van der Waals surface area contributed by atoms with Crippen LogP contribution in [-0.4, -0.2) is 36.0 Å². The maximum atomic E-state index is 12.4. The second-order valence-corrected chi connectivity index (χ2v) is 7.12. The SMILES string of the molecule is Cc1c(OCC(=O)N2CCC[C@H]2C(=O)[O-])ccc2c3c(c(=O)oc12)CCC3. The average Bonchev–Trinajstić information content (AvgIpc) is 3.31. The molecule has 1 aromatic heterocycles. The van der Waals surface area contributed by atoms with Crippen LogP contribution in [0.4, 0.5) is 0 Å². The van der Waals surface area contributed by atoms with Gasteiger partial charge in [0, 0.05) is 23.1 Å². The topological polar surface area (TPSA) is 99.9 Å². The van der Waals surface area contributed by atoms with Crippen LogP contribution in [0.2, 0.25) is 0 Å². The van der Waals surface area contributed by atoms with Crippen molar-refractivity contribution in [3.8, 4) is 5.75 Å². The minimum Gasteiger partial charge on any atom is -0.548 e. The monoisotopic (exact) mass is 370 g/mol. The van der Waals surface area contributed by atoms with Crippen LogP contribution in [0, 0.1) is 6.92 Å². The number of carboxylic acid groups (broad SMARTS) is 1. The molecule has 1 atom stereocenters. The van der Waals surface area contributed by atoms with Crippen molar-refractivity contribution in [2.75, 3.05) is 13.2 Å². The van der Waals surface area contributed by atoms with E-state index < -0.39 is 17.9 Å². The molecule has 7 heteroatoms. The first kappa shape index (κ1) is 17.6. The lowest BCUT2D eigenvalue weighted by molar-refractivity contribution is -0.310. The zero-order chi connectivity index (χ0) is 19.1. The van der Waals surface area contributed by atoms with E-state index in [1.807, 2.05) is 6.07 Å². The fourth-order valence-electron chi connectivity index (χ4n) is 4.15. The van der Waals surface area contributed by atoms with E-state index in [1.54, 1.807) is 13.0 Å². The average molecular weight is 370 g/mol. The molecule has 2 aliphatic rings. The number of ether oxygens (including phenoxy) is 1. The molecular weight excluding hydrogens is 350 g/mol. The second-order valence-electron chi connectivity index (χ2n) is 7.12. The fraction of sp³-hybridized carbons (Fsp3) is 0.450. The molecule has 1 saturated heterocycles. The highest BCUT2D eigenvalue weighted by Gasteiger charge is 2.30. The van der Waals surface area contributed by atoms with E-state index in [9.17, 15) is 19.5 Å². The Labute approximate surface area is 155 Å². The summed E-state index contributed by atoms with van der Waals surface area (Å²) in [6.45, 7) is 1.90. The van der Waals surface area contributed by atoms with E-state index in [0.29, 0.717) is 36.3 Å². The number of aliphatic carboxylic acids is 1. The van der Waals surface area contributed by atoms with Crippen LogP contribution >= 0.6 is 0 Å². The van der Waals surface area contributed by atoms with Crippen LogP contribution in [0.5, 0.6) is 5.75 Å². The maximum absolute atomic E-state index is 12.4. The molecule has 1 aliphatic carbocycles. The standard InChI is InChI=1S/C20H21NO6/c1-11-16(26-10-17(22)21-9-3-6-15(21)19(23)24)8-7-13-12-4-2-5-14(12)20(25)27-18(11)13/h7-8,15H,2-6,9-10H2,1H3,(H,23,24)/p-1/t15-/m0/s1. The fourth-order valence-corrected chi connectivity index (χ4v) is 4.15. The third kappa shape index (κ3) is 2.97. The van der Waals surface area contributed by atoms with Gasteiger partial charge in [-0.25, -0.2) is 4.79 Å². The van der Waals surface area contributed by atoms with Crippen molar-refractivity contribution < 1.29 is 23.8 Å². The van der Waals surface area contributed by atoms with Gasteiger partial charge in [0.05, 0.1) is 12.0 Å². The Hall–Kier alpha value is -2.83. The van der Waals surface area contributed by atoms with Gasteiger partial charge in [0.25, 0.3) is 5.91 Å². The molecule has 2 heterocycles. The zero-order valence-electron chi connectivity index (χ0n) is 15.1. The maximum Gasteiger partial charge on any atom is 0.339 e. The number of carbonyl (C=O) groups excluding carboxylic acids is 2. The van der Waals surface area contributed by atoms with Crippen molar-refractivity contribution in [2.24, 2.45) is 0 Å². The van der Waals surface area contributed by atoms with E-state index in [1.165, 1.54) is 4.90 Å². The van der Waals surface area contributed by atoms with Gasteiger partial charge < -0.3 is 24.0 Å². The highest BCUT2D eigenvalue weighted by atomic mass is 16.5. The summed E-state index contributed by atoms with van der Waals surface area (Å²) in [6.07, 6.45) is 3.58. The summed E-state index contributed by atoms with van der Waals surface area (Å²) in [5.74, 6) is -1.18. The van der Waals surface area contributed by atoms with Crippen LogP contribution < -0.4 is 15.5 Å². The van der Waals surface area contributed by atoms with Crippen molar-refractivity contribution >= 4 is 22.8 Å². The Morgan fingerprint density at radius 1 is 1.26 bits per heavy atom. The van der Waals surface area contributed by atoms with Crippen molar-refractivity contribution in [1.82, 2.24) is 4.90 Å². The van der Waals surface area contributed by atoms with Gasteiger partial charge in [-0.1, -0.05) is 0 Å². The highest BCUT2D eigenvalue weighted by molar-refractivity contribution is 5.87. The van der Waals surface area contributed by atoms with Crippen molar-refractivity contribution in [2.45, 2.75) is 45.1 Å². The smallest absolute Gasteiger partial charge is 0.339 e. The number of hydrogen-bond acceptors (Lipinski definition) is 6. The molecule has 1 fully saturated rings. The molecular formula is C20H20NO6-. The van der Waals surface area contributed by atoms with E-state index in [0.717, 1.165) is 35.8 Å². The van der Waals surface area contributed by atoms with Crippen LogP contribution in [0.3, 0.4) is 0 Å². The molecule has 0 unspecified atom stereocenters. The normalized spacial score (nSPS) is 18.7. The summed E-state index contributed by atoms with van der Waals surface area (Å²) >= 11 is 0. The Kier molecular flexibility index (Phi) is 4.37. The third-order valence-corrected chi connectivity index (χ3v) is 5.54. The number of aryl methyl sites for hydroxylation is 2. The van der Waals surface area contributed by atoms with Gasteiger partial charge in [0.1, 0.15) is 11.3 Å². The Morgan fingerprint density at radius 2 is 2.04 bits per heavy atom. The van der Waals surface area contributed by atoms with E-state index in [2.05, 4.69) is 0 Å². The summed E-state index contributed by atoms with van der Waals surface area (Å²) < 4.78 is 11.2. The molecule has 0 saturated carbocycles. The van der Waals surface area contributed by atoms with Gasteiger partial charge in [0.2, 0.25) is 0 Å². The number of likely N-dealkylation sites (tertiary alicyclic amines) is 1. The molecule has 0 radical (unpaired) electrons. The van der Waals surface area contributed by atoms with E-state index >= 15 is 0 Å². The number of amides is 1. The molecule has 27 heavy (non-hydrogen) atoms. The second kappa shape index (κ2) is 6.72. The lowest BCUT2D eigenvalue weighted by Gasteiger charge is -2.25. The number of nitrogens with zero attached hydrogens (tertiary/aromatic N) is 1. The molecule has 7 nitrogen and oxygen atoms in total. The molecule has 1 aromatic carbocycles. The van der Waals surface area contributed by atoms with Gasteiger partial charge in [-0.3, -0.25) is 4.79 Å². The lowest BCUT2D eigenvalue weighted by atomic mass is 10.0. The zero-order valence-corrected chi connectivity index (χ0v) is 15.1. The summed E-state index contributed by atoms with van der Waals surface area (Å²) in [6, 6.07) is 2.73. The van der Waals surface area contributed by atoms with E-state index in [4.69, 9.17) is 9.15 Å². The molecule has 0 N–H and O–H groups in total. The summed E-state index contributed by atoms with van der Waals surface area (Å²) in [5.41, 5.74) is 2.64. The first-order valence-electron chi connectivity index (χ1n) is 9.18. The first-order chi connectivity index (χ1) is 13.0. The summed E-state index contributed by atoms with van der Waals surface area (Å²) in [5, 5.41) is 12.0. The van der Waals surface area contributed by atoms with Crippen LogP contribution in [0.25, 0.3) is 11.0 Å². The van der Waals surface area contributed by atoms with Gasteiger partial charge in [-0.2, -0.15) is 0 Å². The predicted molar refractivity (Wildman–Crippen MR) is 94.5 cm³/mol. The first-order valence-corrected chi connectivity index (χ1v) is 9.18. The number of carbonyl (C=O) groups is 2. The number of hydrogen-bond donors (Lipinski definition) is 0. The van der Waals surface area contributed by atoms with E-state index in [-0.39, 0.29) is 12.2 Å². The molecule has 4 rings (SSSR count). The molecule has 1 aliphatic heterocycles. The van der Waals surface area contributed by atoms with Crippen molar-refractivity contribution in [3.63, 3.8) is 0 Å². The molecule has 2 aromatic rings. The number of rotatable bonds is 4. The highest BCUT2D eigenvalue weighted by Crippen LogP contribution is 2.33. The quantitative estimate of drug-likeness (QED) is 0.735. The van der Waals surface area contributed by atoms with Gasteiger partial charge in [-0.15, -0.1) is 0 Å². The summed E-state index contributed by atoms with van der Waals surface area (Å²) in [7, 11) is 0. The Morgan fingerprint density at radius 3 is 2.81 bits per heavy atom. The molecule has 0 spiro atoms. The van der Waals surface area contributed by atoms with Crippen LogP contribution in [-0.2, 0) is 22.4 Å². The van der Waals surface area contributed by atoms with Crippen molar-refractivity contribution in [3.05, 3.63) is 39.2 Å². The number of fused-ring (bicyclic) bond motifs is 3. The minimum atomic E-state index is -1.24. The van der Waals surface area contributed by atoms with Crippen LogP contribution in [0.1, 0.15) is 36.0 Å². The number of benzene rings is 1. The largest absolute Gasteiger partial charge is 0.548 e. The van der Waals surface area contributed by atoms with Gasteiger partial charge in [0.15, 0.2) is 6.61 Å². The minimum absolute atomic E-state index is 0.273. The summed E-state index contributed by atoms with van der Waals surface area (Å²) in [4.78, 5) is 37.0. The number of carboxylic acids is 1. The third-order valence-electron chi connectivity index (χ3n) is 5.54. The lowest BCUT2D eigenvalue weighted by Crippen LogP contribution is -2.48. The van der Waals surface area contributed by atoms with Crippen molar-refractivity contribution in [1.29, 1.82) is 0 Å². The molecule has 0 bridgehead atoms. The van der Waals surface area contributed by atoms with Crippen LogP contribution in [0.15, 0.2) is 21.3 Å². The Bertz CT molecular complexity index is 992. The predicted octanol–water partition coefficient (Wildman–Crippen LogP) is 0.710. The van der Waals surface area contributed by atoms with Gasteiger partial charge in [-0.05, 0) is 56.7 Å². The van der Waals surface area contributed by atoms with Gasteiger partial charge >= 0.3 is 5.63 Å². The molecule has 142 valence electrons. The molecule has 1 amide bonds. The Balaban J connectivity index is 1.57.